The highest BCUT2D eigenvalue weighted by Gasteiger charge is 2.05. The maximum Gasteiger partial charge on any atom is 0.238 e. The van der Waals surface area contributed by atoms with E-state index in [-0.39, 0.29) is 12.5 Å². The highest BCUT2D eigenvalue weighted by Crippen LogP contribution is 2.14. The van der Waals surface area contributed by atoms with Crippen LogP contribution < -0.4 is 11.1 Å². The molecule has 0 unspecified atom stereocenters. The smallest absolute Gasteiger partial charge is 0.238 e. The average Bonchev–Trinajstić information content (AvgIpc) is 2.75. The van der Waals surface area contributed by atoms with E-state index in [0.717, 1.165) is 5.69 Å². The maximum atomic E-state index is 11.2. The lowest BCUT2D eigenvalue weighted by molar-refractivity contribution is -0.114. The van der Waals surface area contributed by atoms with Crippen LogP contribution in [-0.2, 0) is 4.79 Å². The number of benzene rings is 1. The summed E-state index contributed by atoms with van der Waals surface area (Å²) >= 11 is 0. The third-order valence-corrected chi connectivity index (χ3v) is 2.19. The van der Waals surface area contributed by atoms with Crippen LogP contribution in [0.4, 0.5) is 5.69 Å². The van der Waals surface area contributed by atoms with Crippen molar-refractivity contribution in [1.82, 2.24) is 20.2 Å². The van der Waals surface area contributed by atoms with E-state index >= 15 is 0 Å². The molecule has 0 fully saturated rings. The van der Waals surface area contributed by atoms with Crippen molar-refractivity contribution >= 4 is 11.6 Å². The summed E-state index contributed by atoms with van der Waals surface area (Å²) in [4.78, 5) is 11.2. The molecule has 0 spiro atoms. The van der Waals surface area contributed by atoms with Gasteiger partial charge in [0.1, 0.15) is 0 Å². The van der Waals surface area contributed by atoms with E-state index in [9.17, 15) is 4.79 Å². The SMILES string of the molecule is Cc1nnnn1-c1cccc(NC(=O)CN)c1. The van der Waals surface area contributed by atoms with Crippen LogP contribution in [-0.4, -0.2) is 32.7 Å². The fourth-order valence-electron chi connectivity index (χ4n) is 1.40. The highest BCUT2D eigenvalue weighted by molar-refractivity contribution is 5.92. The van der Waals surface area contributed by atoms with E-state index in [2.05, 4.69) is 20.8 Å². The Bertz CT molecular complexity index is 535. The van der Waals surface area contributed by atoms with Crippen molar-refractivity contribution in [3.63, 3.8) is 0 Å². The van der Waals surface area contributed by atoms with Gasteiger partial charge in [0.2, 0.25) is 5.91 Å². The van der Waals surface area contributed by atoms with Gasteiger partial charge in [-0.05, 0) is 35.5 Å². The number of carbonyl (C=O) groups is 1. The van der Waals surface area contributed by atoms with Gasteiger partial charge in [-0.25, -0.2) is 0 Å². The summed E-state index contributed by atoms with van der Waals surface area (Å²) in [6.07, 6.45) is 0. The number of aromatic nitrogens is 4. The Morgan fingerprint density at radius 3 is 3.00 bits per heavy atom. The molecule has 0 aliphatic heterocycles. The third-order valence-electron chi connectivity index (χ3n) is 2.19. The summed E-state index contributed by atoms with van der Waals surface area (Å²) in [6.45, 7) is 1.75. The second-order valence-electron chi connectivity index (χ2n) is 3.44. The Kier molecular flexibility index (Phi) is 3.10. The number of tetrazole rings is 1. The zero-order chi connectivity index (χ0) is 12.3. The van der Waals surface area contributed by atoms with E-state index < -0.39 is 0 Å². The molecule has 0 bridgehead atoms. The molecule has 7 heteroatoms. The minimum Gasteiger partial charge on any atom is -0.325 e. The minimum absolute atomic E-state index is 0.0475. The number of amides is 1. The van der Waals surface area contributed by atoms with Gasteiger partial charge in [-0.2, -0.15) is 4.68 Å². The Balaban J connectivity index is 2.29. The molecule has 7 nitrogen and oxygen atoms in total. The van der Waals surface area contributed by atoms with E-state index in [4.69, 9.17) is 5.73 Å². The zero-order valence-corrected chi connectivity index (χ0v) is 9.29. The first-order chi connectivity index (χ1) is 8.20. The Labute approximate surface area is 97.6 Å². The third kappa shape index (κ3) is 2.45. The van der Waals surface area contributed by atoms with Crippen LogP contribution in [0.15, 0.2) is 24.3 Å². The van der Waals surface area contributed by atoms with Gasteiger partial charge in [0.05, 0.1) is 12.2 Å². The van der Waals surface area contributed by atoms with Crippen molar-refractivity contribution in [3.05, 3.63) is 30.1 Å². The van der Waals surface area contributed by atoms with Crippen LogP contribution in [0.3, 0.4) is 0 Å². The number of nitrogens with two attached hydrogens (primary N) is 1. The predicted octanol–water partition coefficient (Wildman–Crippen LogP) is -0.132. The molecule has 88 valence electrons. The molecule has 0 saturated heterocycles. The van der Waals surface area contributed by atoms with E-state index in [1.54, 1.807) is 23.7 Å². The molecule has 1 aromatic heterocycles. The molecule has 1 amide bonds. The lowest BCUT2D eigenvalue weighted by Gasteiger charge is -2.06. The molecule has 0 aliphatic carbocycles. The molecule has 0 aliphatic rings. The number of rotatable bonds is 3. The molecular weight excluding hydrogens is 220 g/mol. The van der Waals surface area contributed by atoms with Crippen molar-refractivity contribution < 1.29 is 4.79 Å². The summed E-state index contributed by atoms with van der Waals surface area (Å²) in [6, 6.07) is 7.21. The number of carbonyl (C=O) groups excluding carboxylic acids is 1. The number of hydrogen-bond donors (Lipinski definition) is 2. The van der Waals surface area contributed by atoms with Gasteiger partial charge in [-0.15, -0.1) is 5.10 Å². The van der Waals surface area contributed by atoms with Crippen LogP contribution in [0.5, 0.6) is 0 Å². The summed E-state index contributed by atoms with van der Waals surface area (Å²) in [5.74, 6) is 0.433. The van der Waals surface area contributed by atoms with Crippen LogP contribution in [0, 0.1) is 6.92 Å². The number of nitrogens with zero attached hydrogens (tertiary/aromatic N) is 4. The summed E-state index contributed by atoms with van der Waals surface area (Å²) in [7, 11) is 0. The van der Waals surface area contributed by atoms with E-state index in [1.165, 1.54) is 0 Å². The standard InChI is InChI=1S/C10H12N6O/c1-7-13-14-15-16(7)9-4-2-3-8(5-9)12-10(17)6-11/h2-5H,6,11H2,1H3,(H,12,17). The molecule has 1 aromatic carbocycles. The maximum absolute atomic E-state index is 11.2. The quantitative estimate of drug-likeness (QED) is 0.767. The van der Waals surface area contributed by atoms with Crippen LogP contribution in [0.2, 0.25) is 0 Å². The minimum atomic E-state index is -0.240. The molecule has 17 heavy (non-hydrogen) atoms. The van der Waals surface area contributed by atoms with Gasteiger partial charge in [0.15, 0.2) is 5.82 Å². The van der Waals surface area contributed by atoms with Crippen LogP contribution in [0.25, 0.3) is 5.69 Å². The van der Waals surface area contributed by atoms with Gasteiger partial charge in [-0.1, -0.05) is 6.07 Å². The van der Waals surface area contributed by atoms with Crippen molar-refractivity contribution in [2.45, 2.75) is 6.92 Å². The normalized spacial score (nSPS) is 10.2. The summed E-state index contributed by atoms with van der Waals surface area (Å²) in [5.41, 5.74) is 6.67. The van der Waals surface area contributed by atoms with Gasteiger partial charge in [-0.3, -0.25) is 4.79 Å². The fourth-order valence-corrected chi connectivity index (χ4v) is 1.40. The van der Waals surface area contributed by atoms with E-state index in [1.807, 2.05) is 12.1 Å². The van der Waals surface area contributed by atoms with Gasteiger partial charge in [0.25, 0.3) is 0 Å². The Morgan fingerprint density at radius 1 is 1.53 bits per heavy atom. The zero-order valence-electron chi connectivity index (χ0n) is 9.29. The second-order valence-corrected chi connectivity index (χ2v) is 3.44. The first kappa shape index (κ1) is 11.2. The van der Waals surface area contributed by atoms with Crippen molar-refractivity contribution in [3.8, 4) is 5.69 Å². The van der Waals surface area contributed by atoms with Gasteiger partial charge < -0.3 is 11.1 Å². The topological polar surface area (TPSA) is 98.7 Å². The second kappa shape index (κ2) is 4.71. The molecule has 0 atom stereocenters. The lowest BCUT2D eigenvalue weighted by atomic mass is 10.2. The molecule has 2 rings (SSSR count). The van der Waals surface area contributed by atoms with Crippen molar-refractivity contribution in [2.24, 2.45) is 5.73 Å². The van der Waals surface area contributed by atoms with Crippen LogP contribution >= 0.6 is 0 Å². The molecule has 0 radical (unpaired) electrons. The Morgan fingerprint density at radius 2 is 2.35 bits per heavy atom. The average molecular weight is 232 g/mol. The van der Waals surface area contributed by atoms with E-state index in [0.29, 0.717) is 11.5 Å². The lowest BCUT2D eigenvalue weighted by Crippen LogP contribution is -2.21. The largest absolute Gasteiger partial charge is 0.325 e. The fraction of sp³-hybridized carbons (Fsp3) is 0.200. The van der Waals surface area contributed by atoms with Crippen LogP contribution in [0.1, 0.15) is 5.82 Å². The molecule has 0 saturated carbocycles. The monoisotopic (exact) mass is 232 g/mol. The summed E-state index contributed by atoms with van der Waals surface area (Å²) in [5, 5.41) is 13.9. The van der Waals surface area contributed by atoms with Gasteiger partial charge >= 0.3 is 0 Å². The summed E-state index contributed by atoms with van der Waals surface area (Å²) < 4.78 is 1.58. The number of hydrogen-bond acceptors (Lipinski definition) is 5. The number of aryl methyl sites for hydroxylation is 1. The Hall–Kier alpha value is -2.28. The first-order valence-corrected chi connectivity index (χ1v) is 5.06. The molecular formula is C10H12N6O. The molecule has 2 aromatic rings. The van der Waals surface area contributed by atoms with Gasteiger partial charge in [0, 0.05) is 5.69 Å². The highest BCUT2D eigenvalue weighted by atomic mass is 16.1. The van der Waals surface area contributed by atoms with Crippen molar-refractivity contribution in [2.75, 3.05) is 11.9 Å². The first-order valence-electron chi connectivity index (χ1n) is 5.06. The van der Waals surface area contributed by atoms with Crippen molar-refractivity contribution in [1.29, 1.82) is 0 Å². The molecule has 3 N–H and O–H groups in total. The number of nitrogens with one attached hydrogen (secondary N) is 1. The molecule has 1 heterocycles. The predicted molar refractivity (Wildman–Crippen MR) is 61.6 cm³/mol. The number of anilines is 1.